The third-order valence-electron chi connectivity index (χ3n) is 5.79. The molecule has 0 atom stereocenters. The maximum atomic E-state index is 13.6. The van der Waals surface area contributed by atoms with Gasteiger partial charge in [0.05, 0.1) is 11.4 Å². The molecule has 0 spiro atoms. The summed E-state index contributed by atoms with van der Waals surface area (Å²) in [5.74, 6) is 1.23. The Morgan fingerprint density at radius 1 is 0.818 bits per heavy atom. The lowest BCUT2D eigenvalue weighted by atomic mass is 10.1. The first kappa shape index (κ1) is 21.0. The van der Waals surface area contributed by atoms with Crippen LogP contribution >= 0.6 is 11.6 Å². The number of rotatable bonds is 4. The molecule has 1 aromatic heterocycles. The summed E-state index contributed by atoms with van der Waals surface area (Å²) in [6.07, 6.45) is 3.72. The Bertz CT molecular complexity index is 1410. The average Bonchev–Trinajstić information content (AvgIpc) is 3.42. The van der Waals surface area contributed by atoms with Crippen molar-refractivity contribution in [2.45, 2.75) is 13.8 Å². The molecule has 3 aromatic carbocycles. The van der Waals surface area contributed by atoms with Crippen molar-refractivity contribution in [1.29, 1.82) is 0 Å². The largest absolute Gasteiger partial charge is 0.457 e. The summed E-state index contributed by atoms with van der Waals surface area (Å²) in [5.41, 5.74) is 6.21. The first-order valence-corrected chi connectivity index (χ1v) is 11.1. The van der Waals surface area contributed by atoms with E-state index >= 15 is 0 Å². The number of hydrogen-bond donors (Lipinski definition) is 0. The Hall–Kier alpha value is -3.82. The number of amides is 1. The molecule has 1 amide bonds. The number of nitrogens with zero attached hydrogens (tertiary/aromatic N) is 1. The molecule has 162 valence electrons. The third kappa shape index (κ3) is 4.04. The zero-order valence-corrected chi connectivity index (χ0v) is 19.1. The molecule has 0 fully saturated rings. The van der Waals surface area contributed by atoms with Crippen LogP contribution in [0.25, 0.3) is 23.1 Å². The van der Waals surface area contributed by atoms with Crippen molar-refractivity contribution >= 4 is 35.0 Å². The molecule has 0 unspecified atom stereocenters. The topological polar surface area (TPSA) is 33.5 Å². The Morgan fingerprint density at radius 3 is 2.33 bits per heavy atom. The van der Waals surface area contributed by atoms with E-state index in [4.69, 9.17) is 16.0 Å². The maximum absolute atomic E-state index is 13.6. The smallest absolute Gasteiger partial charge is 0.263 e. The lowest BCUT2D eigenvalue weighted by Gasteiger charge is -2.22. The number of furan rings is 1. The van der Waals surface area contributed by atoms with Gasteiger partial charge in [-0.1, -0.05) is 72.3 Å². The third-order valence-corrected chi connectivity index (χ3v) is 6.20. The number of benzene rings is 3. The molecule has 5 rings (SSSR count). The minimum atomic E-state index is -0.0838. The van der Waals surface area contributed by atoms with Crippen LogP contribution in [0.3, 0.4) is 0 Å². The van der Waals surface area contributed by atoms with E-state index in [9.17, 15) is 4.79 Å². The molecule has 0 radical (unpaired) electrons. The molecule has 3 nitrogen and oxygen atoms in total. The van der Waals surface area contributed by atoms with E-state index in [1.54, 1.807) is 11.0 Å². The van der Waals surface area contributed by atoms with Crippen LogP contribution in [0.4, 0.5) is 5.69 Å². The van der Waals surface area contributed by atoms with Crippen molar-refractivity contribution in [3.05, 3.63) is 124 Å². The number of carbonyl (C=O) groups is 1. The molecule has 0 bridgehead atoms. The van der Waals surface area contributed by atoms with Crippen LogP contribution in [0.15, 0.2) is 101 Å². The van der Waals surface area contributed by atoms with Gasteiger partial charge in [-0.05, 0) is 67.0 Å². The highest BCUT2D eigenvalue weighted by atomic mass is 35.5. The van der Waals surface area contributed by atoms with Gasteiger partial charge in [-0.25, -0.2) is 0 Å². The van der Waals surface area contributed by atoms with Crippen molar-refractivity contribution in [1.82, 2.24) is 0 Å². The van der Waals surface area contributed by atoms with Gasteiger partial charge in [-0.2, -0.15) is 0 Å². The van der Waals surface area contributed by atoms with Gasteiger partial charge in [0.2, 0.25) is 0 Å². The highest BCUT2D eigenvalue weighted by molar-refractivity contribution is 6.31. The van der Waals surface area contributed by atoms with Crippen LogP contribution in [0, 0.1) is 13.8 Å². The first-order chi connectivity index (χ1) is 16.0. The van der Waals surface area contributed by atoms with Crippen molar-refractivity contribution in [3.63, 3.8) is 0 Å². The highest BCUT2D eigenvalue weighted by Gasteiger charge is 2.31. The van der Waals surface area contributed by atoms with Crippen LogP contribution in [0.5, 0.6) is 0 Å². The maximum Gasteiger partial charge on any atom is 0.263 e. The molecule has 0 aliphatic carbocycles. The molecule has 0 saturated heterocycles. The number of halogens is 1. The minimum Gasteiger partial charge on any atom is -0.457 e. The molecule has 1 aliphatic heterocycles. The summed E-state index contributed by atoms with van der Waals surface area (Å²) in [4.78, 5) is 15.3. The quantitative estimate of drug-likeness (QED) is 0.298. The fraction of sp³-hybridized carbons (Fsp3) is 0.0690. The van der Waals surface area contributed by atoms with Gasteiger partial charge in [0.15, 0.2) is 0 Å². The zero-order valence-electron chi connectivity index (χ0n) is 18.4. The summed E-state index contributed by atoms with van der Waals surface area (Å²) in [6, 6.07) is 27.5. The number of aryl methyl sites for hydroxylation is 2. The number of carbonyl (C=O) groups excluding carboxylic acids is 1. The van der Waals surface area contributed by atoms with E-state index in [2.05, 4.69) is 0 Å². The zero-order chi connectivity index (χ0) is 22.9. The van der Waals surface area contributed by atoms with Gasteiger partial charge in [-0.15, -0.1) is 0 Å². The average molecular weight is 452 g/mol. The fourth-order valence-corrected chi connectivity index (χ4v) is 4.16. The first-order valence-electron chi connectivity index (χ1n) is 10.8. The number of para-hydroxylation sites is 1. The minimum absolute atomic E-state index is 0.0838. The number of hydrogen-bond acceptors (Lipinski definition) is 2. The van der Waals surface area contributed by atoms with E-state index in [1.807, 2.05) is 105 Å². The van der Waals surface area contributed by atoms with Gasteiger partial charge in [0, 0.05) is 16.2 Å². The van der Waals surface area contributed by atoms with E-state index in [0.29, 0.717) is 22.1 Å². The van der Waals surface area contributed by atoms with Crippen LogP contribution in [0.1, 0.15) is 22.5 Å². The van der Waals surface area contributed by atoms with E-state index in [-0.39, 0.29) is 5.91 Å². The van der Waals surface area contributed by atoms with Gasteiger partial charge in [0.1, 0.15) is 11.5 Å². The summed E-state index contributed by atoms with van der Waals surface area (Å²) < 4.78 is 6.05. The van der Waals surface area contributed by atoms with Crippen molar-refractivity contribution in [2.24, 2.45) is 0 Å². The summed E-state index contributed by atoms with van der Waals surface area (Å²) >= 11 is 6.28. The van der Waals surface area contributed by atoms with Crippen LogP contribution < -0.4 is 4.90 Å². The normalized spacial score (nSPS) is 14.8. The standard InChI is InChI=1S/C29H22ClNO2/c1-19-12-13-22(17-25(19)30)28-15-14-24(33-28)16-23-18-27(21-9-4-3-5-10-21)31(29(23)32)26-11-7-6-8-20(26)2/h3-18H,1-2H3. The van der Waals surface area contributed by atoms with Gasteiger partial charge < -0.3 is 4.42 Å². The molecule has 4 aromatic rings. The molecular formula is C29H22ClNO2. The molecule has 2 heterocycles. The molecule has 4 heteroatoms. The second kappa shape index (κ2) is 8.61. The Balaban J connectivity index is 1.55. The lowest BCUT2D eigenvalue weighted by molar-refractivity contribution is -0.113. The molecule has 1 aliphatic rings. The Labute approximate surface area is 198 Å². The predicted molar refractivity (Wildman–Crippen MR) is 135 cm³/mol. The van der Waals surface area contributed by atoms with Gasteiger partial charge in [0.25, 0.3) is 5.91 Å². The second-order valence-corrected chi connectivity index (χ2v) is 8.50. The van der Waals surface area contributed by atoms with E-state index in [0.717, 1.165) is 33.6 Å². The molecular weight excluding hydrogens is 430 g/mol. The Morgan fingerprint density at radius 2 is 1.58 bits per heavy atom. The van der Waals surface area contributed by atoms with E-state index in [1.165, 1.54) is 0 Å². The lowest BCUT2D eigenvalue weighted by Crippen LogP contribution is -2.25. The number of anilines is 1. The Kier molecular flexibility index (Phi) is 5.49. The summed E-state index contributed by atoms with van der Waals surface area (Å²) in [5, 5.41) is 0.694. The van der Waals surface area contributed by atoms with Crippen molar-refractivity contribution in [3.8, 4) is 11.3 Å². The fourth-order valence-electron chi connectivity index (χ4n) is 3.98. The van der Waals surface area contributed by atoms with Crippen molar-refractivity contribution in [2.75, 3.05) is 4.90 Å². The van der Waals surface area contributed by atoms with Gasteiger partial charge in [-0.3, -0.25) is 9.69 Å². The van der Waals surface area contributed by atoms with E-state index < -0.39 is 0 Å². The molecule has 0 saturated carbocycles. The van der Waals surface area contributed by atoms with Crippen molar-refractivity contribution < 1.29 is 9.21 Å². The monoisotopic (exact) mass is 451 g/mol. The summed E-state index contributed by atoms with van der Waals surface area (Å²) in [6.45, 7) is 3.98. The van der Waals surface area contributed by atoms with Crippen LogP contribution in [-0.4, -0.2) is 5.91 Å². The predicted octanol–water partition coefficient (Wildman–Crippen LogP) is 7.69. The molecule has 0 N–H and O–H groups in total. The van der Waals surface area contributed by atoms with Crippen LogP contribution in [-0.2, 0) is 4.79 Å². The SMILES string of the molecule is Cc1ccc(-c2ccc(C=C3C=C(c4ccccc4)N(c4ccccc4C)C3=O)o2)cc1Cl. The van der Waals surface area contributed by atoms with Crippen LogP contribution in [0.2, 0.25) is 5.02 Å². The summed E-state index contributed by atoms with van der Waals surface area (Å²) in [7, 11) is 0. The second-order valence-electron chi connectivity index (χ2n) is 8.09. The van der Waals surface area contributed by atoms with Gasteiger partial charge >= 0.3 is 0 Å². The molecule has 33 heavy (non-hydrogen) atoms. The highest BCUT2D eigenvalue weighted by Crippen LogP contribution is 2.37.